The number of hydrogen-bond acceptors (Lipinski definition) is 1. The van der Waals surface area contributed by atoms with Crippen LogP contribution in [0.1, 0.15) is 149 Å². The highest BCUT2D eigenvalue weighted by Crippen LogP contribution is 2.11. The molecule has 0 saturated carbocycles. The first-order valence-corrected chi connectivity index (χ1v) is 13.4. The molecule has 172 valence electrons. The second-order valence-corrected chi connectivity index (χ2v) is 8.89. The van der Waals surface area contributed by atoms with Crippen molar-refractivity contribution in [3.05, 3.63) is 24.6 Å². The SMILES string of the molecule is CCCCCCCCCC/C=C/N(/C=C/CCCCCCCCCC)CCCC. The summed E-state index contributed by atoms with van der Waals surface area (Å²) in [7, 11) is 0. The zero-order chi connectivity index (χ0) is 21.3. The molecule has 0 aromatic rings. The van der Waals surface area contributed by atoms with Crippen LogP contribution in [-0.4, -0.2) is 11.4 Å². The molecule has 0 amide bonds. The Morgan fingerprint density at radius 1 is 0.414 bits per heavy atom. The van der Waals surface area contributed by atoms with Crippen LogP contribution in [0.3, 0.4) is 0 Å². The Balaban J connectivity index is 3.75. The second kappa shape index (κ2) is 25.3. The van der Waals surface area contributed by atoms with Crippen molar-refractivity contribution in [2.45, 2.75) is 149 Å². The summed E-state index contributed by atoms with van der Waals surface area (Å²) in [5.41, 5.74) is 0. The van der Waals surface area contributed by atoms with Crippen LogP contribution >= 0.6 is 0 Å². The van der Waals surface area contributed by atoms with E-state index in [0.717, 1.165) is 0 Å². The van der Waals surface area contributed by atoms with E-state index in [1.54, 1.807) is 0 Å². The van der Waals surface area contributed by atoms with Gasteiger partial charge < -0.3 is 4.90 Å². The first-order chi connectivity index (χ1) is 14.3. The highest BCUT2D eigenvalue weighted by molar-refractivity contribution is 4.92. The number of rotatable bonds is 23. The summed E-state index contributed by atoms with van der Waals surface area (Å²) < 4.78 is 0. The minimum atomic E-state index is 1.17. The van der Waals surface area contributed by atoms with E-state index in [1.807, 2.05) is 0 Å². The van der Waals surface area contributed by atoms with Crippen molar-refractivity contribution in [2.24, 2.45) is 0 Å². The van der Waals surface area contributed by atoms with Crippen molar-refractivity contribution in [3.8, 4) is 0 Å². The van der Waals surface area contributed by atoms with Crippen molar-refractivity contribution < 1.29 is 0 Å². The molecule has 0 aliphatic rings. The standard InChI is InChI=1S/C28H55N/c1-4-7-10-12-14-16-18-20-22-24-27-29(26-9-6-3)28-25-23-21-19-17-15-13-11-8-5-2/h24-25,27-28H,4-23,26H2,1-3H3/b27-24+,28-25+. The molecule has 0 aliphatic carbocycles. The van der Waals surface area contributed by atoms with Gasteiger partial charge in [-0.2, -0.15) is 0 Å². The number of allylic oxidation sites excluding steroid dienone is 2. The molecule has 0 saturated heterocycles. The molecule has 0 N–H and O–H groups in total. The Kier molecular flexibility index (Phi) is 24.7. The van der Waals surface area contributed by atoms with Gasteiger partial charge in [-0.25, -0.2) is 0 Å². The van der Waals surface area contributed by atoms with E-state index in [-0.39, 0.29) is 0 Å². The molecule has 0 aromatic carbocycles. The lowest BCUT2D eigenvalue weighted by molar-refractivity contribution is 0.480. The molecule has 0 aromatic heterocycles. The molecule has 0 spiro atoms. The van der Waals surface area contributed by atoms with E-state index in [4.69, 9.17) is 0 Å². The average Bonchev–Trinajstić information content (AvgIpc) is 2.74. The second-order valence-electron chi connectivity index (χ2n) is 8.89. The van der Waals surface area contributed by atoms with E-state index in [1.165, 1.54) is 135 Å². The van der Waals surface area contributed by atoms with Crippen LogP contribution in [0.25, 0.3) is 0 Å². The maximum absolute atomic E-state index is 2.42. The molecule has 1 heteroatoms. The van der Waals surface area contributed by atoms with Crippen LogP contribution < -0.4 is 0 Å². The van der Waals surface area contributed by atoms with E-state index < -0.39 is 0 Å². The summed E-state index contributed by atoms with van der Waals surface area (Å²) in [6.07, 6.45) is 37.0. The first-order valence-electron chi connectivity index (χ1n) is 13.4. The molecule has 1 nitrogen and oxygen atoms in total. The van der Waals surface area contributed by atoms with Gasteiger partial charge in [0.15, 0.2) is 0 Å². The third kappa shape index (κ3) is 23.4. The molecule has 0 radical (unpaired) electrons. The molecular weight excluding hydrogens is 350 g/mol. The van der Waals surface area contributed by atoms with Gasteiger partial charge >= 0.3 is 0 Å². The van der Waals surface area contributed by atoms with Gasteiger partial charge in [-0.05, 0) is 44.5 Å². The Labute approximate surface area is 185 Å². The van der Waals surface area contributed by atoms with Crippen LogP contribution in [0.2, 0.25) is 0 Å². The Hall–Kier alpha value is -0.720. The van der Waals surface area contributed by atoms with Gasteiger partial charge in [0.25, 0.3) is 0 Å². The smallest absolute Gasteiger partial charge is 0.0219 e. The van der Waals surface area contributed by atoms with Gasteiger partial charge in [-0.15, -0.1) is 0 Å². The van der Waals surface area contributed by atoms with Crippen molar-refractivity contribution >= 4 is 0 Å². The van der Waals surface area contributed by atoms with Gasteiger partial charge in [-0.1, -0.05) is 129 Å². The summed E-state index contributed by atoms with van der Waals surface area (Å²) in [4.78, 5) is 2.42. The number of nitrogens with zero attached hydrogens (tertiary/aromatic N) is 1. The Morgan fingerprint density at radius 3 is 1.14 bits per heavy atom. The maximum atomic E-state index is 2.42. The predicted molar refractivity (Wildman–Crippen MR) is 134 cm³/mol. The third-order valence-electron chi connectivity index (χ3n) is 5.81. The summed E-state index contributed by atoms with van der Waals surface area (Å²) in [5.74, 6) is 0. The maximum Gasteiger partial charge on any atom is 0.0219 e. The minimum absolute atomic E-state index is 1.17. The minimum Gasteiger partial charge on any atom is -0.355 e. The zero-order valence-corrected chi connectivity index (χ0v) is 20.6. The fourth-order valence-electron chi connectivity index (χ4n) is 3.75. The highest BCUT2D eigenvalue weighted by atomic mass is 15.1. The lowest BCUT2D eigenvalue weighted by Crippen LogP contribution is -2.10. The van der Waals surface area contributed by atoms with Gasteiger partial charge in [0.2, 0.25) is 0 Å². The normalized spacial score (nSPS) is 11.8. The molecule has 0 atom stereocenters. The van der Waals surface area contributed by atoms with Gasteiger partial charge in [0.1, 0.15) is 0 Å². The zero-order valence-electron chi connectivity index (χ0n) is 20.6. The summed E-state index contributed by atoms with van der Waals surface area (Å²) >= 11 is 0. The first kappa shape index (κ1) is 28.3. The van der Waals surface area contributed by atoms with E-state index in [2.05, 4.69) is 50.2 Å². The fraction of sp³-hybridized carbons (Fsp3) is 0.857. The number of unbranched alkanes of at least 4 members (excludes halogenated alkanes) is 17. The molecule has 0 bridgehead atoms. The quantitative estimate of drug-likeness (QED) is 0.153. The molecule has 0 fully saturated rings. The van der Waals surface area contributed by atoms with Crippen molar-refractivity contribution in [1.82, 2.24) is 4.90 Å². The monoisotopic (exact) mass is 405 g/mol. The van der Waals surface area contributed by atoms with Crippen LogP contribution in [0.5, 0.6) is 0 Å². The molecule has 0 rings (SSSR count). The lowest BCUT2D eigenvalue weighted by Gasteiger charge is -2.15. The van der Waals surface area contributed by atoms with Crippen molar-refractivity contribution in [2.75, 3.05) is 6.54 Å². The molecule has 0 heterocycles. The van der Waals surface area contributed by atoms with E-state index in [0.29, 0.717) is 0 Å². The summed E-state index contributed by atoms with van der Waals surface area (Å²) in [5, 5.41) is 0. The summed E-state index contributed by atoms with van der Waals surface area (Å²) in [6.45, 7) is 8.04. The van der Waals surface area contributed by atoms with Crippen LogP contribution in [0.15, 0.2) is 24.6 Å². The Bertz CT molecular complexity index is 314. The molecule has 0 aliphatic heterocycles. The number of hydrogen-bond donors (Lipinski definition) is 0. The van der Waals surface area contributed by atoms with Crippen molar-refractivity contribution in [3.63, 3.8) is 0 Å². The largest absolute Gasteiger partial charge is 0.355 e. The Morgan fingerprint density at radius 2 is 0.759 bits per heavy atom. The lowest BCUT2D eigenvalue weighted by atomic mass is 10.1. The van der Waals surface area contributed by atoms with Crippen LogP contribution in [0.4, 0.5) is 0 Å². The highest BCUT2D eigenvalue weighted by Gasteiger charge is 1.95. The fourth-order valence-corrected chi connectivity index (χ4v) is 3.75. The predicted octanol–water partition coefficient (Wildman–Crippen LogP) is 10.2. The van der Waals surface area contributed by atoms with Crippen molar-refractivity contribution in [1.29, 1.82) is 0 Å². The van der Waals surface area contributed by atoms with Gasteiger partial charge in [0.05, 0.1) is 0 Å². The average molecular weight is 406 g/mol. The molecular formula is C28H55N. The van der Waals surface area contributed by atoms with Crippen LogP contribution in [0, 0.1) is 0 Å². The van der Waals surface area contributed by atoms with E-state index >= 15 is 0 Å². The van der Waals surface area contributed by atoms with Gasteiger partial charge in [-0.3, -0.25) is 0 Å². The van der Waals surface area contributed by atoms with Gasteiger partial charge in [0, 0.05) is 6.54 Å². The molecule has 0 unspecified atom stereocenters. The van der Waals surface area contributed by atoms with E-state index in [9.17, 15) is 0 Å². The van der Waals surface area contributed by atoms with Crippen LogP contribution in [-0.2, 0) is 0 Å². The molecule has 29 heavy (non-hydrogen) atoms. The summed E-state index contributed by atoms with van der Waals surface area (Å²) in [6, 6.07) is 0. The third-order valence-corrected chi connectivity index (χ3v) is 5.81. The topological polar surface area (TPSA) is 3.24 Å².